The number of anilines is 1. The quantitative estimate of drug-likeness (QED) is 0.775. The molecule has 6 heteroatoms. The first-order chi connectivity index (χ1) is 7.25. The van der Waals surface area contributed by atoms with Crippen molar-refractivity contribution in [3.8, 4) is 0 Å². The largest absolute Gasteiger partial charge is 0.306 e. The van der Waals surface area contributed by atoms with Crippen molar-refractivity contribution >= 4 is 11.7 Å². The molecule has 2 heterocycles. The molecule has 0 saturated heterocycles. The van der Waals surface area contributed by atoms with Gasteiger partial charge in [-0.1, -0.05) is 0 Å². The van der Waals surface area contributed by atoms with Gasteiger partial charge in [-0.25, -0.2) is 9.37 Å². The van der Waals surface area contributed by atoms with Crippen LogP contribution in [0.1, 0.15) is 10.5 Å². The van der Waals surface area contributed by atoms with Crippen LogP contribution in [-0.2, 0) is 0 Å². The van der Waals surface area contributed by atoms with E-state index in [9.17, 15) is 9.18 Å². The van der Waals surface area contributed by atoms with Gasteiger partial charge < -0.3 is 5.32 Å². The number of halogens is 1. The number of H-pyrrole nitrogens is 1. The smallest absolute Gasteiger partial charge is 0.275 e. The van der Waals surface area contributed by atoms with Crippen LogP contribution >= 0.6 is 0 Å². The minimum absolute atomic E-state index is 0.144. The van der Waals surface area contributed by atoms with E-state index in [1.165, 1.54) is 18.3 Å². The van der Waals surface area contributed by atoms with Gasteiger partial charge in [0.1, 0.15) is 17.3 Å². The summed E-state index contributed by atoms with van der Waals surface area (Å²) in [5.41, 5.74) is 0.144. The standard InChI is InChI=1S/C9H7FN4O/c10-6-1-2-7(11-5-6)9(15)13-8-3-4-12-14-8/h1-5H,(H2,12,13,14,15). The first-order valence-corrected chi connectivity index (χ1v) is 4.18. The highest BCUT2D eigenvalue weighted by molar-refractivity contribution is 6.02. The molecule has 0 aromatic carbocycles. The molecule has 2 aromatic rings. The topological polar surface area (TPSA) is 70.7 Å². The molecule has 0 aliphatic rings. The maximum Gasteiger partial charge on any atom is 0.275 e. The maximum atomic E-state index is 12.5. The molecule has 1 amide bonds. The summed E-state index contributed by atoms with van der Waals surface area (Å²) in [6.45, 7) is 0. The van der Waals surface area contributed by atoms with Crippen LogP contribution in [0.4, 0.5) is 10.2 Å². The minimum atomic E-state index is -0.479. The summed E-state index contributed by atoms with van der Waals surface area (Å²) in [6, 6.07) is 4.08. The molecule has 2 aromatic heterocycles. The Morgan fingerprint density at radius 1 is 1.40 bits per heavy atom. The summed E-state index contributed by atoms with van der Waals surface area (Å²) in [7, 11) is 0. The molecule has 2 N–H and O–H groups in total. The van der Waals surface area contributed by atoms with Crippen LogP contribution in [0.5, 0.6) is 0 Å². The summed E-state index contributed by atoms with van der Waals surface area (Å²) in [6.07, 6.45) is 2.50. The number of aromatic nitrogens is 3. The predicted octanol–water partition coefficient (Wildman–Crippen LogP) is 1.20. The third-order valence-corrected chi connectivity index (χ3v) is 1.71. The van der Waals surface area contributed by atoms with Crippen molar-refractivity contribution in [2.24, 2.45) is 0 Å². The van der Waals surface area contributed by atoms with Crippen molar-refractivity contribution in [2.45, 2.75) is 0 Å². The number of carbonyl (C=O) groups is 1. The number of rotatable bonds is 2. The van der Waals surface area contributed by atoms with Crippen LogP contribution in [0.2, 0.25) is 0 Å². The lowest BCUT2D eigenvalue weighted by Gasteiger charge is -2.00. The summed E-state index contributed by atoms with van der Waals surface area (Å²) < 4.78 is 12.5. The second kappa shape index (κ2) is 3.87. The van der Waals surface area contributed by atoms with E-state index in [1.807, 2.05) is 0 Å². The van der Waals surface area contributed by atoms with Crippen molar-refractivity contribution in [1.29, 1.82) is 0 Å². The van der Waals surface area contributed by atoms with Crippen molar-refractivity contribution < 1.29 is 9.18 Å². The second-order valence-corrected chi connectivity index (χ2v) is 2.79. The molecule has 2 rings (SSSR count). The van der Waals surface area contributed by atoms with E-state index >= 15 is 0 Å². The Morgan fingerprint density at radius 2 is 2.27 bits per heavy atom. The number of amides is 1. The highest BCUT2D eigenvalue weighted by atomic mass is 19.1. The van der Waals surface area contributed by atoms with E-state index in [4.69, 9.17) is 0 Å². The van der Waals surface area contributed by atoms with Crippen molar-refractivity contribution in [3.05, 3.63) is 42.1 Å². The van der Waals surface area contributed by atoms with E-state index in [-0.39, 0.29) is 5.69 Å². The highest BCUT2D eigenvalue weighted by Crippen LogP contribution is 2.03. The number of hydrogen-bond donors (Lipinski definition) is 2. The maximum absolute atomic E-state index is 12.5. The molecular weight excluding hydrogens is 199 g/mol. The first-order valence-electron chi connectivity index (χ1n) is 4.18. The SMILES string of the molecule is O=C(Nc1ccn[nH]1)c1ccc(F)cn1. The Hall–Kier alpha value is -2.24. The molecule has 0 bridgehead atoms. The molecule has 15 heavy (non-hydrogen) atoms. The predicted molar refractivity (Wildman–Crippen MR) is 50.7 cm³/mol. The van der Waals surface area contributed by atoms with Crippen LogP contribution in [0.25, 0.3) is 0 Å². The number of nitrogens with one attached hydrogen (secondary N) is 2. The van der Waals surface area contributed by atoms with Gasteiger partial charge in [0.2, 0.25) is 0 Å². The Balaban J connectivity index is 2.11. The lowest BCUT2D eigenvalue weighted by atomic mass is 10.3. The minimum Gasteiger partial charge on any atom is -0.306 e. The molecule has 0 saturated carbocycles. The van der Waals surface area contributed by atoms with Gasteiger partial charge in [-0.2, -0.15) is 5.10 Å². The molecule has 76 valence electrons. The average Bonchev–Trinajstić information content (AvgIpc) is 2.71. The van der Waals surface area contributed by atoms with Crippen LogP contribution in [0.15, 0.2) is 30.6 Å². The molecular formula is C9H7FN4O. The molecule has 0 unspecified atom stereocenters. The van der Waals surface area contributed by atoms with Crippen molar-refractivity contribution in [2.75, 3.05) is 5.32 Å². The molecule has 0 atom stereocenters. The number of pyridine rings is 1. The summed E-state index contributed by atoms with van der Waals surface area (Å²) in [4.78, 5) is 15.1. The Labute approximate surface area is 84.3 Å². The highest BCUT2D eigenvalue weighted by Gasteiger charge is 2.07. The lowest BCUT2D eigenvalue weighted by Crippen LogP contribution is -2.13. The fraction of sp³-hybridized carbons (Fsp3) is 0. The van der Waals surface area contributed by atoms with E-state index in [2.05, 4.69) is 20.5 Å². The molecule has 5 nitrogen and oxygen atoms in total. The lowest BCUT2D eigenvalue weighted by molar-refractivity contribution is 0.102. The third-order valence-electron chi connectivity index (χ3n) is 1.71. The third kappa shape index (κ3) is 2.16. The zero-order valence-corrected chi connectivity index (χ0v) is 7.57. The Morgan fingerprint density at radius 3 is 2.87 bits per heavy atom. The molecule has 0 radical (unpaired) electrons. The molecule has 0 aliphatic carbocycles. The summed E-state index contributed by atoms with van der Waals surface area (Å²) in [5.74, 6) is -0.432. The zero-order chi connectivity index (χ0) is 10.7. The van der Waals surface area contributed by atoms with Crippen molar-refractivity contribution in [1.82, 2.24) is 15.2 Å². The van der Waals surface area contributed by atoms with E-state index in [1.54, 1.807) is 6.07 Å². The van der Waals surface area contributed by atoms with E-state index in [0.29, 0.717) is 5.82 Å². The summed E-state index contributed by atoms with van der Waals surface area (Å²) >= 11 is 0. The zero-order valence-electron chi connectivity index (χ0n) is 7.57. The van der Waals surface area contributed by atoms with Gasteiger partial charge in [0.25, 0.3) is 5.91 Å². The van der Waals surface area contributed by atoms with Gasteiger partial charge in [-0.15, -0.1) is 0 Å². The number of nitrogens with zero attached hydrogens (tertiary/aromatic N) is 2. The monoisotopic (exact) mass is 206 g/mol. The van der Waals surface area contributed by atoms with Gasteiger partial charge in [0.05, 0.1) is 12.4 Å². The van der Waals surface area contributed by atoms with Crippen LogP contribution < -0.4 is 5.32 Å². The molecule has 0 aliphatic heterocycles. The fourth-order valence-corrected chi connectivity index (χ4v) is 1.02. The van der Waals surface area contributed by atoms with Gasteiger partial charge in [0.15, 0.2) is 0 Å². The van der Waals surface area contributed by atoms with Crippen LogP contribution in [0.3, 0.4) is 0 Å². The fourth-order valence-electron chi connectivity index (χ4n) is 1.02. The molecule has 0 spiro atoms. The van der Waals surface area contributed by atoms with Crippen LogP contribution in [-0.4, -0.2) is 21.1 Å². The van der Waals surface area contributed by atoms with Gasteiger partial charge >= 0.3 is 0 Å². The van der Waals surface area contributed by atoms with Gasteiger partial charge in [-0.3, -0.25) is 9.89 Å². The summed E-state index contributed by atoms with van der Waals surface area (Å²) in [5, 5.41) is 8.74. The number of carbonyl (C=O) groups excluding carboxylic acids is 1. The van der Waals surface area contributed by atoms with E-state index in [0.717, 1.165) is 6.20 Å². The normalized spacial score (nSPS) is 9.93. The number of aromatic amines is 1. The van der Waals surface area contributed by atoms with Crippen molar-refractivity contribution in [3.63, 3.8) is 0 Å². The van der Waals surface area contributed by atoms with Gasteiger partial charge in [-0.05, 0) is 12.1 Å². The second-order valence-electron chi connectivity index (χ2n) is 2.79. The van der Waals surface area contributed by atoms with Crippen LogP contribution in [0, 0.1) is 5.82 Å². The van der Waals surface area contributed by atoms with Gasteiger partial charge in [0, 0.05) is 6.07 Å². The first kappa shape index (κ1) is 9.32. The number of hydrogen-bond acceptors (Lipinski definition) is 3. The average molecular weight is 206 g/mol. The molecule has 0 fully saturated rings. The Kier molecular flexibility index (Phi) is 2.40. The Bertz CT molecular complexity index is 451. The van der Waals surface area contributed by atoms with E-state index < -0.39 is 11.7 Å².